The van der Waals surface area contributed by atoms with Crippen LogP contribution in [0, 0.1) is 18.8 Å². The van der Waals surface area contributed by atoms with E-state index >= 15 is 0 Å². The fourth-order valence-electron chi connectivity index (χ4n) is 4.04. The maximum absolute atomic E-state index is 12.7. The highest BCUT2D eigenvalue weighted by molar-refractivity contribution is 7.17. The van der Waals surface area contributed by atoms with E-state index in [1.165, 1.54) is 24.8 Å². The summed E-state index contributed by atoms with van der Waals surface area (Å²) in [5.74, 6) is 0.695. The van der Waals surface area contributed by atoms with Crippen LogP contribution in [-0.2, 0) is 11.8 Å². The van der Waals surface area contributed by atoms with E-state index in [-0.39, 0.29) is 17.6 Å². The molecule has 1 fully saturated rings. The first kappa shape index (κ1) is 22.5. The molecule has 9 nitrogen and oxygen atoms in total. The van der Waals surface area contributed by atoms with Crippen molar-refractivity contribution in [2.24, 2.45) is 18.9 Å². The van der Waals surface area contributed by atoms with Gasteiger partial charge in [0.1, 0.15) is 16.9 Å². The third kappa shape index (κ3) is 4.29. The van der Waals surface area contributed by atoms with E-state index in [4.69, 9.17) is 21.3 Å². The van der Waals surface area contributed by atoms with Crippen LogP contribution in [0.25, 0.3) is 11.5 Å². The molecule has 0 saturated carbocycles. The van der Waals surface area contributed by atoms with Gasteiger partial charge in [-0.05, 0) is 31.2 Å². The quantitative estimate of drug-likeness (QED) is 0.426. The van der Waals surface area contributed by atoms with Crippen molar-refractivity contribution in [1.29, 1.82) is 0 Å². The molecule has 32 heavy (non-hydrogen) atoms. The number of piperidine rings is 1. The van der Waals surface area contributed by atoms with Gasteiger partial charge in [0.2, 0.25) is 0 Å². The number of rotatable bonds is 6. The molecule has 1 aliphatic heterocycles. The number of nitrogens with zero attached hydrogens (tertiary/aromatic N) is 5. The number of carbonyl (C=O) groups excluding carboxylic acids is 2. The number of thiazole rings is 1. The van der Waals surface area contributed by atoms with Crippen LogP contribution in [0.2, 0.25) is 5.02 Å². The van der Waals surface area contributed by atoms with Crippen molar-refractivity contribution in [3.63, 3.8) is 0 Å². The minimum absolute atomic E-state index is 0.0806. The average Bonchev–Trinajstić information content (AvgIpc) is 3.47. The topological polar surface area (TPSA) is 106 Å². The van der Waals surface area contributed by atoms with E-state index in [0.717, 1.165) is 30.3 Å². The number of methoxy groups -OCH3 is 1. The van der Waals surface area contributed by atoms with Gasteiger partial charge >= 0.3 is 5.97 Å². The van der Waals surface area contributed by atoms with E-state index in [1.54, 1.807) is 17.8 Å². The molecular weight excluding hydrogens is 452 g/mol. The SMILES string of the molecule is COC(=O)c1sc(N2CC[C@@H](CC(=O)c3cc(Cl)c(C)[nH]3)[C@@H](C)C2)nc1-c1ncnn1C. The number of hydrogen-bond donors (Lipinski definition) is 1. The van der Waals surface area contributed by atoms with Gasteiger partial charge in [0.15, 0.2) is 16.7 Å². The maximum Gasteiger partial charge on any atom is 0.350 e. The van der Waals surface area contributed by atoms with Crippen LogP contribution in [-0.4, -0.2) is 56.7 Å². The Morgan fingerprint density at radius 3 is 2.78 bits per heavy atom. The van der Waals surface area contributed by atoms with Gasteiger partial charge in [-0.3, -0.25) is 4.79 Å². The van der Waals surface area contributed by atoms with Crippen LogP contribution in [0.5, 0.6) is 0 Å². The van der Waals surface area contributed by atoms with Gasteiger partial charge in [0, 0.05) is 32.3 Å². The van der Waals surface area contributed by atoms with Gasteiger partial charge in [0.25, 0.3) is 0 Å². The second-order valence-electron chi connectivity index (χ2n) is 8.13. The second-order valence-corrected chi connectivity index (χ2v) is 9.51. The Bertz CT molecular complexity index is 1130. The van der Waals surface area contributed by atoms with Crippen LogP contribution < -0.4 is 4.90 Å². The highest BCUT2D eigenvalue weighted by Gasteiger charge is 2.32. The largest absolute Gasteiger partial charge is 0.465 e. The Morgan fingerprint density at radius 1 is 1.41 bits per heavy atom. The van der Waals surface area contributed by atoms with Crippen LogP contribution in [0.15, 0.2) is 12.4 Å². The van der Waals surface area contributed by atoms with Gasteiger partial charge < -0.3 is 14.6 Å². The second kappa shape index (κ2) is 9.03. The lowest BCUT2D eigenvalue weighted by molar-refractivity contribution is 0.0606. The van der Waals surface area contributed by atoms with Crippen LogP contribution in [0.3, 0.4) is 0 Å². The summed E-state index contributed by atoms with van der Waals surface area (Å²) in [5, 5.41) is 5.41. The van der Waals surface area contributed by atoms with Crippen molar-refractivity contribution in [2.75, 3.05) is 25.1 Å². The Balaban J connectivity index is 1.49. The van der Waals surface area contributed by atoms with Gasteiger partial charge in [-0.2, -0.15) is 5.10 Å². The zero-order valence-corrected chi connectivity index (χ0v) is 20.0. The molecule has 4 heterocycles. The average molecular weight is 477 g/mol. The molecule has 2 atom stereocenters. The number of hydrogen-bond acceptors (Lipinski definition) is 8. The number of ketones is 1. The number of aromatic amines is 1. The number of halogens is 1. The third-order valence-corrected chi connectivity index (χ3v) is 7.45. The monoisotopic (exact) mass is 476 g/mol. The molecule has 1 aliphatic rings. The Hall–Kier alpha value is -2.72. The van der Waals surface area contributed by atoms with Crippen LogP contribution >= 0.6 is 22.9 Å². The summed E-state index contributed by atoms with van der Waals surface area (Å²) in [5.41, 5.74) is 1.85. The summed E-state index contributed by atoms with van der Waals surface area (Å²) in [6.45, 7) is 5.50. The zero-order chi connectivity index (χ0) is 23.0. The van der Waals surface area contributed by atoms with E-state index in [2.05, 4.69) is 26.9 Å². The Labute approximate surface area is 194 Å². The van der Waals surface area contributed by atoms with Crippen molar-refractivity contribution in [2.45, 2.75) is 26.7 Å². The van der Waals surface area contributed by atoms with Gasteiger partial charge in [0.05, 0.1) is 17.8 Å². The highest BCUT2D eigenvalue weighted by Crippen LogP contribution is 2.36. The molecular formula is C21H25ClN6O3S. The van der Waals surface area contributed by atoms with Crippen molar-refractivity contribution in [3.05, 3.63) is 33.7 Å². The third-order valence-electron chi connectivity index (χ3n) is 5.96. The van der Waals surface area contributed by atoms with Gasteiger partial charge in [-0.1, -0.05) is 29.9 Å². The molecule has 0 bridgehead atoms. The lowest BCUT2D eigenvalue weighted by Gasteiger charge is -2.36. The number of ether oxygens (including phenoxy) is 1. The lowest BCUT2D eigenvalue weighted by Crippen LogP contribution is -2.40. The predicted octanol–water partition coefficient (Wildman–Crippen LogP) is 3.75. The lowest BCUT2D eigenvalue weighted by atomic mass is 9.83. The van der Waals surface area contributed by atoms with Crippen molar-refractivity contribution in [1.82, 2.24) is 24.7 Å². The molecule has 1 N–H and O–H groups in total. The minimum Gasteiger partial charge on any atom is -0.465 e. The maximum atomic E-state index is 12.7. The van der Waals surface area contributed by atoms with E-state index in [1.807, 2.05) is 6.92 Å². The first-order valence-corrected chi connectivity index (χ1v) is 11.5. The number of aryl methyl sites for hydroxylation is 2. The summed E-state index contributed by atoms with van der Waals surface area (Å²) in [4.78, 5) is 39.7. The molecule has 3 aromatic heterocycles. The Morgan fingerprint density at radius 2 is 2.19 bits per heavy atom. The Kier molecular flexibility index (Phi) is 6.34. The summed E-state index contributed by atoms with van der Waals surface area (Å²) >= 11 is 7.38. The molecule has 170 valence electrons. The molecule has 0 aromatic carbocycles. The van der Waals surface area contributed by atoms with E-state index in [9.17, 15) is 9.59 Å². The molecule has 0 aliphatic carbocycles. The molecule has 11 heteroatoms. The zero-order valence-electron chi connectivity index (χ0n) is 18.4. The fraction of sp³-hybridized carbons (Fsp3) is 0.476. The molecule has 3 aromatic rings. The van der Waals surface area contributed by atoms with Gasteiger partial charge in [-0.25, -0.2) is 19.4 Å². The first-order chi connectivity index (χ1) is 15.3. The smallest absolute Gasteiger partial charge is 0.350 e. The number of nitrogens with one attached hydrogen (secondary N) is 1. The number of esters is 1. The molecule has 1 saturated heterocycles. The normalized spacial score (nSPS) is 18.7. The van der Waals surface area contributed by atoms with Crippen molar-refractivity contribution >= 4 is 39.8 Å². The summed E-state index contributed by atoms with van der Waals surface area (Å²) in [7, 11) is 3.11. The molecule has 0 radical (unpaired) electrons. The summed E-state index contributed by atoms with van der Waals surface area (Å²) in [6, 6.07) is 1.71. The van der Waals surface area contributed by atoms with Crippen molar-refractivity contribution < 1.29 is 14.3 Å². The summed E-state index contributed by atoms with van der Waals surface area (Å²) < 4.78 is 6.54. The van der Waals surface area contributed by atoms with E-state index in [0.29, 0.717) is 33.5 Å². The van der Waals surface area contributed by atoms with Crippen LogP contribution in [0.1, 0.15) is 45.6 Å². The molecule has 0 amide bonds. The molecule has 0 unspecified atom stereocenters. The highest BCUT2D eigenvalue weighted by atomic mass is 35.5. The van der Waals surface area contributed by atoms with Crippen LogP contribution in [0.4, 0.5) is 5.13 Å². The number of aromatic nitrogens is 5. The first-order valence-electron chi connectivity index (χ1n) is 10.3. The minimum atomic E-state index is -0.444. The van der Waals surface area contributed by atoms with Gasteiger partial charge in [-0.15, -0.1) is 0 Å². The predicted molar refractivity (Wildman–Crippen MR) is 122 cm³/mol. The molecule has 0 spiro atoms. The molecule has 4 rings (SSSR count). The number of carbonyl (C=O) groups is 2. The number of Topliss-reactive ketones (excluding diaryl/α,β-unsaturated/α-hetero) is 1. The number of H-pyrrole nitrogens is 1. The van der Waals surface area contributed by atoms with Crippen molar-refractivity contribution in [3.8, 4) is 11.5 Å². The van der Waals surface area contributed by atoms with E-state index < -0.39 is 5.97 Å². The standard InChI is InChI=1S/C21H25ClN6O3S/c1-11-9-28(6-5-13(11)7-16(29)15-8-14(22)12(2)25-15)21-26-17(18(32-21)20(30)31-4)19-23-10-24-27(19)3/h8,10-11,13,25H,5-7,9H2,1-4H3/t11-,13-/m0/s1. The summed E-state index contributed by atoms with van der Waals surface area (Å²) in [6.07, 6.45) is 2.76. The number of anilines is 1. The fourth-order valence-corrected chi connectivity index (χ4v) is 5.21.